The maximum atomic E-state index is 4.35. The maximum absolute atomic E-state index is 4.35. The highest BCUT2D eigenvalue weighted by molar-refractivity contribution is 7.17. The number of thiophene rings is 1. The lowest BCUT2D eigenvalue weighted by Crippen LogP contribution is -1.98. The number of anilines is 1. The molecule has 0 radical (unpaired) electrons. The van der Waals surface area contributed by atoms with E-state index in [0.717, 1.165) is 17.7 Å². The second-order valence-electron chi connectivity index (χ2n) is 4.68. The van der Waals surface area contributed by atoms with Crippen molar-refractivity contribution < 1.29 is 0 Å². The molecule has 0 aliphatic heterocycles. The molecule has 0 spiro atoms. The van der Waals surface area contributed by atoms with Crippen molar-refractivity contribution in [2.45, 2.75) is 6.54 Å². The normalized spacial score (nSPS) is 11.2. The quantitative estimate of drug-likeness (QED) is 0.567. The van der Waals surface area contributed by atoms with Crippen LogP contribution in [0.25, 0.3) is 20.3 Å². The molecule has 2 aromatic heterocycles. The summed E-state index contributed by atoms with van der Waals surface area (Å²) in [4.78, 5) is 4.35. The predicted molar refractivity (Wildman–Crippen MR) is 88.8 cm³/mol. The first kappa shape index (κ1) is 11.9. The van der Waals surface area contributed by atoms with Gasteiger partial charge in [-0.15, -0.1) is 22.7 Å². The van der Waals surface area contributed by atoms with Crippen molar-refractivity contribution >= 4 is 48.7 Å². The molecule has 2 nitrogen and oxygen atoms in total. The lowest BCUT2D eigenvalue weighted by molar-refractivity contribution is 1.16. The Bertz CT molecular complexity index is 802. The molecule has 2 heterocycles. The van der Waals surface area contributed by atoms with E-state index in [-0.39, 0.29) is 0 Å². The highest BCUT2D eigenvalue weighted by Crippen LogP contribution is 2.24. The minimum Gasteiger partial charge on any atom is -0.381 e. The Morgan fingerprint density at radius 3 is 2.95 bits per heavy atom. The van der Waals surface area contributed by atoms with E-state index in [1.54, 1.807) is 22.7 Å². The summed E-state index contributed by atoms with van der Waals surface area (Å²) in [5.74, 6) is 0. The average Bonchev–Trinajstić information content (AvgIpc) is 3.12. The first-order valence-corrected chi connectivity index (χ1v) is 8.18. The Morgan fingerprint density at radius 2 is 1.95 bits per heavy atom. The van der Waals surface area contributed by atoms with E-state index in [2.05, 4.69) is 58.1 Å². The van der Waals surface area contributed by atoms with E-state index < -0.39 is 0 Å². The molecule has 4 rings (SSSR count). The summed E-state index contributed by atoms with van der Waals surface area (Å²) in [7, 11) is 0. The van der Waals surface area contributed by atoms with Gasteiger partial charge >= 0.3 is 0 Å². The maximum Gasteiger partial charge on any atom is 0.0832 e. The lowest BCUT2D eigenvalue weighted by atomic mass is 10.2. The van der Waals surface area contributed by atoms with Gasteiger partial charge in [0.1, 0.15) is 0 Å². The zero-order valence-electron chi connectivity index (χ0n) is 10.7. The summed E-state index contributed by atoms with van der Waals surface area (Å²) in [6.45, 7) is 0.837. The van der Waals surface area contributed by atoms with Gasteiger partial charge in [-0.1, -0.05) is 12.1 Å². The molecule has 1 N–H and O–H groups in total. The van der Waals surface area contributed by atoms with Gasteiger partial charge in [0.05, 0.1) is 15.7 Å². The van der Waals surface area contributed by atoms with Crippen LogP contribution in [-0.2, 0) is 6.54 Å². The van der Waals surface area contributed by atoms with E-state index in [4.69, 9.17) is 0 Å². The topological polar surface area (TPSA) is 24.9 Å². The molecule has 0 bridgehead atoms. The van der Waals surface area contributed by atoms with Crippen LogP contribution < -0.4 is 5.32 Å². The molecule has 20 heavy (non-hydrogen) atoms. The van der Waals surface area contributed by atoms with Crippen molar-refractivity contribution in [3.05, 3.63) is 58.9 Å². The number of hydrogen-bond donors (Lipinski definition) is 1. The van der Waals surface area contributed by atoms with Gasteiger partial charge in [-0.05, 0) is 46.7 Å². The fraction of sp³-hybridized carbons (Fsp3) is 0.0625. The summed E-state index contributed by atoms with van der Waals surface area (Å²) in [5, 5.41) is 6.93. The Kier molecular flexibility index (Phi) is 2.90. The van der Waals surface area contributed by atoms with Crippen LogP contribution in [0.3, 0.4) is 0 Å². The van der Waals surface area contributed by atoms with Gasteiger partial charge in [0.25, 0.3) is 0 Å². The lowest BCUT2D eigenvalue weighted by Gasteiger charge is -2.06. The zero-order valence-corrected chi connectivity index (χ0v) is 12.3. The van der Waals surface area contributed by atoms with Crippen molar-refractivity contribution in [1.29, 1.82) is 0 Å². The highest BCUT2D eigenvalue weighted by Gasteiger charge is 2.00. The van der Waals surface area contributed by atoms with Crippen molar-refractivity contribution in [2.75, 3.05) is 5.32 Å². The van der Waals surface area contributed by atoms with Gasteiger partial charge in [-0.2, -0.15) is 0 Å². The number of thiazole rings is 1. The van der Waals surface area contributed by atoms with E-state index in [0.29, 0.717) is 0 Å². The number of fused-ring (bicyclic) bond motifs is 2. The monoisotopic (exact) mass is 296 g/mol. The van der Waals surface area contributed by atoms with Crippen LogP contribution in [0.1, 0.15) is 5.56 Å². The van der Waals surface area contributed by atoms with Crippen LogP contribution in [0, 0.1) is 0 Å². The van der Waals surface area contributed by atoms with Crippen LogP contribution >= 0.6 is 22.7 Å². The largest absolute Gasteiger partial charge is 0.381 e. The van der Waals surface area contributed by atoms with Crippen LogP contribution in [0.4, 0.5) is 5.69 Å². The van der Waals surface area contributed by atoms with Crippen molar-refractivity contribution in [3.8, 4) is 0 Å². The number of hydrogen-bond acceptors (Lipinski definition) is 4. The summed E-state index contributed by atoms with van der Waals surface area (Å²) in [6.07, 6.45) is 0. The summed E-state index contributed by atoms with van der Waals surface area (Å²) in [6, 6.07) is 15.1. The number of aromatic nitrogens is 1. The number of nitrogens with zero attached hydrogens (tertiary/aromatic N) is 1. The Hall–Kier alpha value is -1.91. The third-order valence-corrected chi connectivity index (χ3v) is 5.04. The van der Waals surface area contributed by atoms with Crippen LogP contribution in [-0.4, -0.2) is 4.98 Å². The molecule has 4 aromatic rings. The molecule has 0 aliphatic rings. The molecule has 4 heteroatoms. The summed E-state index contributed by atoms with van der Waals surface area (Å²) in [5.41, 5.74) is 5.38. The first-order valence-electron chi connectivity index (χ1n) is 6.42. The molecule has 0 aliphatic carbocycles. The second-order valence-corrected chi connectivity index (χ2v) is 6.52. The van der Waals surface area contributed by atoms with Gasteiger partial charge in [0.15, 0.2) is 0 Å². The number of benzene rings is 2. The van der Waals surface area contributed by atoms with Crippen molar-refractivity contribution in [1.82, 2.24) is 4.98 Å². The fourth-order valence-electron chi connectivity index (χ4n) is 2.28. The standard InChI is InChI=1S/C16H12N2S2/c1-2-12-5-6-19-16(12)7-11(1)9-17-13-3-4-15-14(8-13)18-10-20-15/h1-8,10,17H,9H2. The SMILES string of the molecule is c1cc2ccc(CNc3ccc4scnc4c3)cc2s1. The Morgan fingerprint density at radius 1 is 0.950 bits per heavy atom. The third kappa shape index (κ3) is 2.17. The molecule has 0 amide bonds. The average molecular weight is 296 g/mol. The Labute approximate surface area is 124 Å². The minimum atomic E-state index is 0.837. The number of rotatable bonds is 3. The van der Waals surface area contributed by atoms with E-state index >= 15 is 0 Å². The van der Waals surface area contributed by atoms with Crippen LogP contribution in [0.15, 0.2) is 53.4 Å². The van der Waals surface area contributed by atoms with Gasteiger partial charge in [-0.3, -0.25) is 0 Å². The first-order chi connectivity index (χ1) is 9.88. The molecule has 98 valence electrons. The molecular formula is C16H12N2S2. The molecule has 0 saturated heterocycles. The molecule has 0 unspecified atom stereocenters. The van der Waals surface area contributed by atoms with E-state index in [1.807, 2.05) is 5.51 Å². The zero-order chi connectivity index (χ0) is 13.4. The number of nitrogens with one attached hydrogen (secondary N) is 1. The molecule has 0 saturated carbocycles. The van der Waals surface area contributed by atoms with Crippen LogP contribution in [0.5, 0.6) is 0 Å². The molecule has 0 atom stereocenters. The van der Waals surface area contributed by atoms with Gasteiger partial charge in [0, 0.05) is 16.9 Å². The summed E-state index contributed by atoms with van der Waals surface area (Å²) >= 11 is 3.47. The highest BCUT2D eigenvalue weighted by atomic mass is 32.1. The molecule has 2 aromatic carbocycles. The molecular weight excluding hydrogens is 284 g/mol. The van der Waals surface area contributed by atoms with Crippen LogP contribution in [0.2, 0.25) is 0 Å². The van der Waals surface area contributed by atoms with Crippen molar-refractivity contribution in [3.63, 3.8) is 0 Å². The van der Waals surface area contributed by atoms with Gasteiger partial charge in [-0.25, -0.2) is 4.98 Å². The fourth-order valence-corrected chi connectivity index (χ4v) is 3.79. The van der Waals surface area contributed by atoms with E-state index in [1.165, 1.54) is 20.3 Å². The summed E-state index contributed by atoms with van der Waals surface area (Å²) < 4.78 is 2.58. The Balaban J connectivity index is 1.56. The van der Waals surface area contributed by atoms with E-state index in [9.17, 15) is 0 Å². The van der Waals surface area contributed by atoms with Gasteiger partial charge in [0.2, 0.25) is 0 Å². The third-order valence-electron chi connectivity index (χ3n) is 3.35. The van der Waals surface area contributed by atoms with Crippen molar-refractivity contribution in [2.24, 2.45) is 0 Å². The minimum absolute atomic E-state index is 0.837. The van der Waals surface area contributed by atoms with Gasteiger partial charge < -0.3 is 5.32 Å². The predicted octanol–water partition coefficient (Wildman–Crippen LogP) is 5.12. The second kappa shape index (κ2) is 4.89. The smallest absolute Gasteiger partial charge is 0.0832 e. The molecule has 0 fully saturated rings.